The average molecular weight is 301 g/mol. The summed E-state index contributed by atoms with van der Waals surface area (Å²) in [6.45, 7) is -0.765. The topological polar surface area (TPSA) is 116 Å². The number of amides is 2. The van der Waals surface area contributed by atoms with Crippen LogP contribution in [0.3, 0.4) is 0 Å². The molecular weight excluding hydrogens is 288 g/mol. The van der Waals surface area contributed by atoms with E-state index >= 15 is 0 Å². The third-order valence-corrected chi connectivity index (χ3v) is 2.51. The minimum Gasteiger partial charge on any atom is -0.479 e. The number of benzene rings is 1. The summed E-state index contributed by atoms with van der Waals surface area (Å²) in [7, 11) is 0. The zero-order valence-corrected chi connectivity index (χ0v) is 11.1. The molecule has 0 radical (unpaired) electrons. The molecule has 0 heterocycles. The molecule has 7 nitrogen and oxygen atoms in total. The van der Waals surface area contributed by atoms with E-state index in [4.69, 9.17) is 21.8 Å². The Morgan fingerprint density at radius 1 is 1.25 bits per heavy atom. The molecule has 108 valence electrons. The summed E-state index contributed by atoms with van der Waals surface area (Å²) in [5, 5.41) is 22.3. The van der Waals surface area contributed by atoms with Crippen LogP contribution < -0.4 is 10.6 Å². The molecule has 0 aliphatic carbocycles. The van der Waals surface area contributed by atoms with E-state index in [0.717, 1.165) is 0 Å². The highest BCUT2D eigenvalue weighted by Crippen LogP contribution is 2.10. The first kappa shape index (κ1) is 15.9. The summed E-state index contributed by atoms with van der Waals surface area (Å²) >= 11 is 5.72. The maximum absolute atomic E-state index is 11.7. The minimum atomic E-state index is -1.68. The second-order valence-electron chi connectivity index (χ2n) is 3.85. The van der Waals surface area contributed by atoms with Crippen LogP contribution in [0.5, 0.6) is 0 Å². The lowest BCUT2D eigenvalue weighted by atomic mass is 10.2. The molecule has 2 amide bonds. The predicted molar refractivity (Wildman–Crippen MR) is 70.4 cm³/mol. The van der Waals surface area contributed by atoms with Gasteiger partial charge in [0.15, 0.2) is 6.10 Å². The maximum Gasteiger partial charge on any atom is 0.334 e. The number of halogens is 1. The molecule has 0 saturated carbocycles. The lowest BCUT2D eigenvalue weighted by molar-refractivity contribution is -0.146. The summed E-state index contributed by atoms with van der Waals surface area (Å²) < 4.78 is 0. The quantitative estimate of drug-likeness (QED) is 0.572. The lowest BCUT2D eigenvalue weighted by Gasteiger charge is -2.08. The van der Waals surface area contributed by atoms with Crippen molar-refractivity contribution in [3.8, 4) is 0 Å². The molecule has 8 heteroatoms. The van der Waals surface area contributed by atoms with Crippen molar-refractivity contribution in [1.82, 2.24) is 10.6 Å². The molecule has 0 saturated heterocycles. The molecule has 1 atom stereocenters. The van der Waals surface area contributed by atoms with Crippen molar-refractivity contribution >= 4 is 29.4 Å². The lowest BCUT2D eigenvalue weighted by Crippen LogP contribution is -2.41. The van der Waals surface area contributed by atoms with Crippen LogP contribution in [-0.4, -0.2) is 47.2 Å². The first-order chi connectivity index (χ1) is 9.40. The van der Waals surface area contributed by atoms with E-state index in [1.807, 2.05) is 0 Å². The standard InChI is InChI=1S/C12H13ClN2O5/c13-8-3-1-2-7(4-8)11(18)15-6-10(17)14-5-9(16)12(19)20/h1-4,9,16H,5-6H2,(H,14,17)(H,15,18)(H,19,20)/t9-/m0/s1. The molecule has 1 rings (SSSR count). The number of carbonyl (C=O) groups excluding carboxylic acids is 2. The van der Waals surface area contributed by atoms with Gasteiger partial charge in [-0.25, -0.2) is 4.79 Å². The van der Waals surface area contributed by atoms with Gasteiger partial charge < -0.3 is 20.8 Å². The molecule has 0 bridgehead atoms. The summed E-state index contributed by atoms with van der Waals surface area (Å²) in [6.07, 6.45) is -1.68. The number of aliphatic hydroxyl groups is 1. The van der Waals surface area contributed by atoms with Gasteiger partial charge in [-0.05, 0) is 18.2 Å². The second kappa shape index (κ2) is 7.46. The van der Waals surface area contributed by atoms with Gasteiger partial charge in [-0.2, -0.15) is 0 Å². The first-order valence-corrected chi connectivity index (χ1v) is 5.99. The van der Waals surface area contributed by atoms with Gasteiger partial charge in [0.05, 0.1) is 13.1 Å². The molecule has 0 spiro atoms. The molecule has 0 aliphatic heterocycles. The molecule has 0 aliphatic rings. The van der Waals surface area contributed by atoms with Crippen molar-refractivity contribution < 1.29 is 24.6 Å². The number of aliphatic carboxylic acids is 1. The van der Waals surface area contributed by atoms with Crippen LogP contribution in [0.4, 0.5) is 0 Å². The van der Waals surface area contributed by atoms with Crippen LogP contribution in [0, 0.1) is 0 Å². The molecular formula is C12H13ClN2O5. The Morgan fingerprint density at radius 2 is 1.95 bits per heavy atom. The SMILES string of the molecule is O=C(CNC(=O)c1cccc(Cl)c1)NC[C@H](O)C(=O)O. The molecule has 0 aromatic heterocycles. The zero-order valence-electron chi connectivity index (χ0n) is 10.3. The van der Waals surface area contributed by atoms with Crippen LogP contribution >= 0.6 is 11.6 Å². The van der Waals surface area contributed by atoms with Crippen LogP contribution in [0.1, 0.15) is 10.4 Å². The van der Waals surface area contributed by atoms with Crippen molar-refractivity contribution in [2.75, 3.05) is 13.1 Å². The number of aliphatic hydroxyl groups excluding tert-OH is 1. The summed E-state index contributed by atoms with van der Waals surface area (Å²) in [4.78, 5) is 33.3. The van der Waals surface area contributed by atoms with Crippen LogP contribution in [0.2, 0.25) is 5.02 Å². The largest absolute Gasteiger partial charge is 0.479 e. The smallest absolute Gasteiger partial charge is 0.334 e. The van der Waals surface area contributed by atoms with Gasteiger partial charge >= 0.3 is 5.97 Å². The summed E-state index contributed by atoms with van der Waals surface area (Å²) in [6, 6.07) is 6.19. The predicted octanol–water partition coefficient (Wildman–Crippen LogP) is -0.369. The molecule has 4 N–H and O–H groups in total. The number of hydrogen-bond acceptors (Lipinski definition) is 4. The normalized spacial score (nSPS) is 11.5. The van der Waals surface area contributed by atoms with Crippen molar-refractivity contribution in [1.29, 1.82) is 0 Å². The van der Waals surface area contributed by atoms with E-state index in [-0.39, 0.29) is 6.54 Å². The van der Waals surface area contributed by atoms with E-state index in [9.17, 15) is 14.4 Å². The summed E-state index contributed by atoms with van der Waals surface area (Å²) in [5.41, 5.74) is 0.302. The highest BCUT2D eigenvalue weighted by atomic mass is 35.5. The van der Waals surface area contributed by atoms with Crippen molar-refractivity contribution in [2.45, 2.75) is 6.10 Å². The number of carboxylic acid groups (broad SMARTS) is 1. The van der Waals surface area contributed by atoms with E-state index in [2.05, 4.69) is 10.6 Å². The van der Waals surface area contributed by atoms with E-state index in [1.54, 1.807) is 12.1 Å². The van der Waals surface area contributed by atoms with Crippen LogP contribution in [-0.2, 0) is 9.59 Å². The van der Waals surface area contributed by atoms with Crippen LogP contribution in [0.15, 0.2) is 24.3 Å². The highest BCUT2D eigenvalue weighted by molar-refractivity contribution is 6.30. The average Bonchev–Trinajstić information content (AvgIpc) is 2.41. The van der Waals surface area contributed by atoms with Gasteiger partial charge in [0, 0.05) is 10.6 Å². The molecule has 1 aromatic rings. The van der Waals surface area contributed by atoms with E-state index < -0.39 is 30.4 Å². The fraction of sp³-hybridized carbons (Fsp3) is 0.250. The van der Waals surface area contributed by atoms with Crippen LogP contribution in [0.25, 0.3) is 0 Å². The Hall–Kier alpha value is -2.12. The Labute approximate surface area is 119 Å². The van der Waals surface area contributed by atoms with Crippen molar-refractivity contribution in [3.05, 3.63) is 34.9 Å². The van der Waals surface area contributed by atoms with Gasteiger partial charge in [0.25, 0.3) is 5.91 Å². The van der Waals surface area contributed by atoms with Gasteiger partial charge in [-0.15, -0.1) is 0 Å². The Balaban J connectivity index is 2.37. The Morgan fingerprint density at radius 3 is 2.55 bits per heavy atom. The third-order valence-electron chi connectivity index (χ3n) is 2.27. The molecule has 0 unspecified atom stereocenters. The molecule has 0 fully saturated rings. The van der Waals surface area contributed by atoms with Gasteiger partial charge in [-0.1, -0.05) is 17.7 Å². The van der Waals surface area contributed by atoms with Gasteiger partial charge in [-0.3, -0.25) is 9.59 Å². The van der Waals surface area contributed by atoms with Gasteiger partial charge in [0.1, 0.15) is 0 Å². The fourth-order valence-electron chi connectivity index (χ4n) is 1.25. The summed E-state index contributed by atoms with van der Waals surface area (Å²) in [5.74, 6) is -2.53. The number of rotatable bonds is 6. The second-order valence-corrected chi connectivity index (χ2v) is 4.29. The van der Waals surface area contributed by atoms with Gasteiger partial charge in [0.2, 0.25) is 5.91 Å². The Kier molecular flexibility index (Phi) is 5.95. The number of nitrogens with one attached hydrogen (secondary N) is 2. The monoisotopic (exact) mass is 300 g/mol. The van der Waals surface area contributed by atoms with E-state index in [0.29, 0.717) is 10.6 Å². The number of carboxylic acids is 1. The number of carbonyl (C=O) groups is 3. The first-order valence-electron chi connectivity index (χ1n) is 5.61. The van der Waals surface area contributed by atoms with Crippen molar-refractivity contribution in [2.24, 2.45) is 0 Å². The number of hydrogen-bond donors (Lipinski definition) is 4. The molecule has 20 heavy (non-hydrogen) atoms. The Bertz CT molecular complexity index is 520. The third kappa shape index (κ3) is 5.25. The zero-order chi connectivity index (χ0) is 15.1. The van der Waals surface area contributed by atoms with E-state index in [1.165, 1.54) is 12.1 Å². The fourth-order valence-corrected chi connectivity index (χ4v) is 1.44. The molecule has 1 aromatic carbocycles. The van der Waals surface area contributed by atoms with Crippen molar-refractivity contribution in [3.63, 3.8) is 0 Å². The minimum absolute atomic E-state index is 0.302. The highest BCUT2D eigenvalue weighted by Gasteiger charge is 2.14. The maximum atomic E-state index is 11.7.